The average Bonchev–Trinajstić information content (AvgIpc) is 2.71. The monoisotopic (exact) mass is 348 g/mol. The minimum Gasteiger partial charge on any atom is -0.497 e. The summed E-state index contributed by atoms with van der Waals surface area (Å²) in [7, 11) is 1.66. The van der Waals surface area contributed by atoms with Crippen LogP contribution in [0.2, 0.25) is 0 Å². The van der Waals surface area contributed by atoms with Crippen LogP contribution in [0, 0.1) is 5.92 Å². The van der Waals surface area contributed by atoms with Gasteiger partial charge in [0.2, 0.25) is 0 Å². The van der Waals surface area contributed by atoms with Crippen molar-refractivity contribution < 1.29 is 14.3 Å². The molecule has 0 spiro atoms. The first-order valence-electron chi connectivity index (χ1n) is 9.43. The maximum Gasteiger partial charge on any atom is 0.339 e. The minimum absolute atomic E-state index is 0.0693. The van der Waals surface area contributed by atoms with Gasteiger partial charge in [0.25, 0.3) is 0 Å². The van der Waals surface area contributed by atoms with Gasteiger partial charge in [-0.1, -0.05) is 61.7 Å². The van der Waals surface area contributed by atoms with Crippen LogP contribution < -0.4 is 4.74 Å². The third-order valence-electron chi connectivity index (χ3n) is 5.53. The number of carbonyl (C=O) groups excluding carboxylic acids is 1. The van der Waals surface area contributed by atoms with Crippen molar-refractivity contribution in [1.29, 1.82) is 0 Å². The van der Waals surface area contributed by atoms with Crippen LogP contribution in [0.5, 0.6) is 5.75 Å². The molecule has 2 aromatic carbocycles. The molecule has 4 rings (SSSR count). The highest BCUT2D eigenvalue weighted by atomic mass is 16.6. The Bertz CT molecular complexity index is 799. The molecule has 2 aliphatic rings. The van der Waals surface area contributed by atoms with Crippen molar-refractivity contribution in [2.75, 3.05) is 7.11 Å². The summed E-state index contributed by atoms with van der Waals surface area (Å²) >= 11 is 0. The third kappa shape index (κ3) is 3.14. The highest BCUT2D eigenvalue weighted by molar-refractivity contribution is 6.07. The van der Waals surface area contributed by atoms with Gasteiger partial charge in [0.05, 0.1) is 12.7 Å². The van der Waals surface area contributed by atoms with Gasteiger partial charge in [-0.05, 0) is 36.1 Å². The number of rotatable bonds is 4. The van der Waals surface area contributed by atoms with E-state index >= 15 is 0 Å². The highest BCUT2D eigenvalue weighted by Crippen LogP contribution is 2.42. The van der Waals surface area contributed by atoms with Crippen molar-refractivity contribution in [3.05, 3.63) is 71.3 Å². The lowest BCUT2D eigenvalue weighted by Gasteiger charge is -2.39. The molecule has 1 aliphatic carbocycles. The maximum atomic E-state index is 12.5. The van der Waals surface area contributed by atoms with E-state index in [1.807, 2.05) is 42.5 Å². The molecule has 0 bridgehead atoms. The fourth-order valence-corrected chi connectivity index (χ4v) is 4.15. The van der Waals surface area contributed by atoms with Crippen molar-refractivity contribution >= 4 is 11.5 Å². The molecule has 2 aromatic rings. The second-order valence-electron chi connectivity index (χ2n) is 7.11. The van der Waals surface area contributed by atoms with Gasteiger partial charge in [0.1, 0.15) is 11.9 Å². The van der Waals surface area contributed by atoms with Crippen molar-refractivity contribution in [2.45, 2.75) is 38.2 Å². The number of hydrogen-bond donors (Lipinski definition) is 0. The van der Waals surface area contributed by atoms with Gasteiger partial charge < -0.3 is 9.47 Å². The van der Waals surface area contributed by atoms with E-state index in [9.17, 15) is 4.79 Å². The Morgan fingerprint density at radius 1 is 0.923 bits per heavy atom. The smallest absolute Gasteiger partial charge is 0.339 e. The van der Waals surface area contributed by atoms with Gasteiger partial charge in [-0.25, -0.2) is 4.79 Å². The van der Waals surface area contributed by atoms with Crippen LogP contribution in [0.1, 0.15) is 43.2 Å². The molecular weight excluding hydrogens is 324 g/mol. The van der Waals surface area contributed by atoms with Crippen LogP contribution in [0.15, 0.2) is 60.2 Å². The van der Waals surface area contributed by atoms with Gasteiger partial charge in [-0.15, -0.1) is 0 Å². The Labute approximate surface area is 154 Å². The second kappa shape index (κ2) is 7.36. The zero-order valence-corrected chi connectivity index (χ0v) is 15.1. The largest absolute Gasteiger partial charge is 0.497 e. The summed E-state index contributed by atoms with van der Waals surface area (Å²) in [6, 6.07) is 18.1. The van der Waals surface area contributed by atoms with Gasteiger partial charge in [-0.2, -0.15) is 0 Å². The van der Waals surface area contributed by atoms with E-state index < -0.39 is 0 Å². The van der Waals surface area contributed by atoms with E-state index in [-0.39, 0.29) is 12.1 Å². The Morgan fingerprint density at radius 3 is 2.19 bits per heavy atom. The molecule has 2 fully saturated rings. The predicted octanol–water partition coefficient (Wildman–Crippen LogP) is 5.00. The zero-order valence-electron chi connectivity index (χ0n) is 15.1. The molecule has 1 atom stereocenters. The molecule has 0 radical (unpaired) electrons. The number of methoxy groups -OCH3 is 1. The predicted molar refractivity (Wildman–Crippen MR) is 102 cm³/mol. The molecule has 3 heteroatoms. The van der Waals surface area contributed by atoms with Crippen molar-refractivity contribution in [3.63, 3.8) is 0 Å². The van der Waals surface area contributed by atoms with E-state index in [1.54, 1.807) is 7.11 Å². The lowest BCUT2D eigenvalue weighted by Crippen LogP contribution is -2.43. The molecule has 1 unspecified atom stereocenters. The summed E-state index contributed by atoms with van der Waals surface area (Å²) in [5.74, 6) is 1.09. The molecule has 1 saturated heterocycles. The molecule has 3 nitrogen and oxygen atoms in total. The van der Waals surface area contributed by atoms with Gasteiger partial charge >= 0.3 is 5.97 Å². The molecule has 0 aromatic heterocycles. The summed E-state index contributed by atoms with van der Waals surface area (Å²) in [6.45, 7) is 0. The van der Waals surface area contributed by atoms with Crippen molar-refractivity contribution in [2.24, 2.45) is 5.92 Å². The molecular formula is C23H24O3. The van der Waals surface area contributed by atoms with Crippen LogP contribution in [-0.4, -0.2) is 19.2 Å². The molecule has 1 aliphatic heterocycles. The number of cyclic esters (lactones) is 1. The van der Waals surface area contributed by atoms with Crippen LogP contribution in [-0.2, 0) is 9.53 Å². The molecule has 1 heterocycles. The van der Waals surface area contributed by atoms with Crippen molar-refractivity contribution in [1.82, 2.24) is 0 Å². The number of carbonyl (C=O) groups is 1. The third-order valence-corrected chi connectivity index (χ3v) is 5.53. The number of esters is 1. The molecule has 0 N–H and O–H groups in total. The van der Waals surface area contributed by atoms with Crippen molar-refractivity contribution in [3.8, 4) is 5.75 Å². The fraction of sp³-hybridized carbons (Fsp3) is 0.348. The SMILES string of the molecule is COc1ccc(/C(=C2\C(=O)OC2C2CCCCC2)c2ccccc2)cc1. The summed E-state index contributed by atoms with van der Waals surface area (Å²) in [4.78, 5) is 12.5. The first-order valence-corrected chi connectivity index (χ1v) is 9.43. The van der Waals surface area contributed by atoms with Gasteiger partial charge in [0, 0.05) is 11.5 Å². The molecule has 1 saturated carbocycles. The molecule has 26 heavy (non-hydrogen) atoms. The standard InChI is InChI=1S/C23H24O3/c1-25-19-14-12-17(13-15-19)20(16-8-4-2-5-9-16)21-22(26-23(21)24)18-10-6-3-7-11-18/h2,4-5,8-9,12-15,18,22H,3,6-7,10-11H2,1H3/b21-20-. The Morgan fingerprint density at radius 2 is 1.58 bits per heavy atom. The van der Waals surface area contributed by atoms with E-state index in [1.165, 1.54) is 19.3 Å². The van der Waals surface area contributed by atoms with Crippen LogP contribution >= 0.6 is 0 Å². The normalized spacial score (nSPS) is 22.3. The Kier molecular flexibility index (Phi) is 4.79. The highest BCUT2D eigenvalue weighted by Gasteiger charge is 2.44. The number of benzene rings is 2. The topological polar surface area (TPSA) is 35.5 Å². The van der Waals surface area contributed by atoms with Crippen LogP contribution in [0.4, 0.5) is 0 Å². The van der Waals surface area contributed by atoms with Crippen LogP contribution in [0.25, 0.3) is 5.57 Å². The Hall–Kier alpha value is -2.55. The van der Waals surface area contributed by atoms with Crippen LogP contribution in [0.3, 0.4) is 0 Å². The summed E-state index contributed by atoms with van der Waals surface area (Å²) in [6.07, 6.45) is 5.98. The fourth-order valence-electron chi connectivity index (χ4n) is 4.15. The molecule has 0 amide bonds. The minimum atomic E-state index is -0.171. The second-order valence-corrected chi connectivity index (χ2v) is 7.11. The summed E-state index contributed by atoms with van der Waals surface area (Å²) < 4.78 is 10.9. The maximum absolute atomic E-state index is 12.5. The molecule has 134 valence electrons. The lowest BCUT2D eigenvalue weighted by molar-refractivity contribution is -0.160. The summed E-state index contributed by atoms with van der Waals surface area (Å²) in [5, 5.41) is 0. The first-order chi connectivity index (χ1) is 12.8. The Balaban J connectivity index is 1.80. The number of ether oxygens (including phenoxy) is 2. The van der Waals surface area contributed by atoms with E-state index in [0.29, 0.717) is 5.92 Å². The zero-order chi connectivity index (χ0) is 17.9. The lowest BCUT2D eigenvalue weighted by atomic mass is 9.77. The first kappa shape index (κ1) is 16.9. The number of hydrogen-bond acceptors (Lipinski definition) is 3. The van der Waals surface area contributed by atoms with E-state index in [4.69, 9.17) is 9.47 Å². The van der Waals surface area contributed by atoms with E-state index in [2.05, 4.69) is 12.1 Å². The average molecular weight is 348 g/mol. The van der Waals surface area contributed by atoms with E-state index in [0.717, 1.165) is 40.9 Å². The summed E-state index contributed by atoms with van der Waals surface area (Å²) in [5.41, 5.74) is 3.93. The van der Waals surface area contributed by atoms with Gasteiger partial charge in [0.15, 0.2) is 0 Å². The quantitative estimate of drug-likeness (QED) is 0.576. The van der Waals surface area contributed by atoms with Gasteiger partial charge in [-0.3, -0.25) is 0 Å².